The maximum Gasteiger partial charge on any atom is 0.310 e. The molecule has 6 heteroatoms. The first kappa shape index (κ1) is 17.2. The summed E-state index contributed by atoms with van der Waals surface area (Å²) >= 11 is 6.06. The largest absolute Gasteiger partial charge is 0.481 e. The molecule has 0 saturated heterocycles. The van der Waals surface area contributed by atoms with Gasteiger partial charge in [0, 0.05) is 27.7 Å². The Morgan fingerprint density at radius 2 is 1.92 bits per heavy atom. The van der Waals surface area contributed by atoms with Crippen molar-refractivity contribution in [2.45, 2.75) is 26.7 Å². The molecular weight excluding hydrogens is 340 g/mol. The summed E-state index contributed by atoms with van der Waals surface area (Å²) in [5.74, 6) is -2.21. The summed E-state index contributed by atoms with van der Waals surface area (Å²) in [6, 6.07) is 6.82. The second-order valence-corrected chi connectivity index (χ2v) is 6.58. The molecule has 128 valence electrons. The van der Waals surface area contributed by atoms with Crippen molar-refractivity contribution in [3.63, 3.8) is 0 Å². The summed E-state index contributed by atoms with van der Waals surface area (Å²) in [7, 11) is 0. The van der Waals surface area contributed by atoms with Gasteiger partial charge in [0.25, 0.3) is 0 Å². The molecule has 1 atom stereocenters. The van der Waals surface area contributed by atoms with E-state index in [0.29, 0.717) is 21.5 Å². The minimum absolute atomic E-state index is 0.239. The third-order valence-electron chi connectivity index (χ3n) is 4.44. The van der Waals surface area contributed by atoms with Crippen LogP contribution in [-0.4, -0.2) is 26.8 Å². The van der Waals surface area contributed by atoms with Crippen LogP contribution in [0.4, 0.5) is 0 Å². The van der Waals surface area contributed by atoms with Crippen LogP contribution in [0.25, 0.3) is 10.9 Å². The highest BCUT2D eigenvalue weighted by Gasteiger charge is 2.27. The molecule has 2 N–H and O–H groups in total. The molecule has 2 heterocycles. The zero-order valence-corrected chi connectivity index (χ0v) is 14.8. The Bertz CT molecular complexity index is 1010. The molecule has 0 radical (unpaired) electrons. The van der Waals surface area contributed by atoms with Crippen molar-refractivity contribution in [3.05, 3.63) is 63.6 Å². The number of carbonyl (C=O) groups is 2. The van der Waals surface area contributed by atoms with Crippen LogP contribution in [0.15, 0.2) is 30.5 Å². The van der Waals surface area contributed by atoms with Crippen molar-refractivity contribution >= 4 is 34.3 Å². The number of halogens is 1. The normalized spacial score (nSPS) is 12.3. The van der Waals surface area contributed by atoms with Gasteiger partial charge in [0.05, 0.1) is 11.6 Å². The van der Waals surface area contributed by atoms with E-state index in [1.54, 1.807) is 37.4 Å². The van der Waals surface area contributed by atoms with Gasteiger partial charge >= 0.3 is 5.97 Å². The first-order chi connectivity index (χ1) is 11.8. The molecule has 0 amide bonds. The zero-order valence-electron chi connectivity index (χ0n) is 14.1. The molecule has 0 aliphatic rings. The van der Waals surface area contributed by atoms with E-state index in [-0.39, 0.29) is 17.2 Å². The standard InChI is InChI=1S/C19H17ClN2O3/c1-9-6-15(21-8-10(9)2)18(23)17-16(11(3)19(24)25)13-7-12(20)4-5-14(13)22-17/h4-8,11,22H,1-3H3,(H,24,25). The third-order valence-corrected chi connectivity index (χ3v) is 4.67. The molecule has 0 aliphatic carbocycles. The highest BCUT2D eigenvalue weighted by molar-refractivity contribution is 6.31. The lowest BCUT2D eigenvalue weighted by Gasteiger charge is -2.09. The molecule has 0 fully saturated rings. The Hall–Kier alpha value is -2.66. The van der Waals surface area contributed by atoms with Gasteiger partial charge in [0.2, 0.25) is 5.78 Å². The number of aromatic nitrogens is 2. The van der Waals surface area contributed by atoms with Crippen molar-refractivity contribution in [1.82, 2.24) is 9.97 Å². The summed E-state index contributed by atoms with van der Waals surface area (Å²) in [5.41, 5.74) is 3.54. The number of H-pyrrole nitrogens is 1. The summed E-state index contributed by atoms with van der Waals surface area (Å²) in [5, 5.41) is 10.6. The predicted molar refractivity (Wildman–Crippen MR) is 96.5 cm³/mol. The van der Waals surface area contributed by atoms with Gasteiger partial charge in [-0.05, 0) is 56.2 Å². The Labute approximate surface area is 149 Å². The highest BCUT2D eigenvalue weighted by Crippen LogP contribution is 2.32. The number of fused-ring (bicyclic) bond motifs is 1. The van der Waals surface area contributed by atoms with E-state index >= 15 is 0 Å². The minimum Gasteiger partial charge on any atom is -0.481 e. The van der Waals surface area contributed by atoms with Gasteiger partial charge in [-0.15, -0.1) is 0 Å². The second-order valence-electron chi connectivity index (χ2n) is 6.15. The van der Waals surface area contributed by atoms with Crippen LogP contribution in [0.1, 0.15) is 45.7 Å². The smallest absolute Gasteiger partial charge is 0.310 e. The molecule has 2 aromatic heterocycles. The molecule has 3 rings (SSSR count). The number of nitrogens with one attached hydrogen (secondary N) is 1. The van der Waals surface area contributed by atoms with Crippen LogP contribution >= 0.6 is 11.6 Å². The molecule has 0 saturated carbocycles. The van der Waals surface area contributed by atoms with E-state index in [1.807, 2.05) is 13.8 Å². The maximum absolute atomic E-state index is 13.0. The second kappa shape index (κ2) is 6.33. The fourth-order valence-electron chi connectivity index (χ4n) is 2.81. The van der Waals surface area contributed by atoms with Crippen LogP contribution in [0.2, 0.25) is 5.02 Å². The van der Waals surface area contributed by atoms with E-state index < -0.39 is 11.9 Å². The molecule has 25 heavy (non-hydrogen) atoms. The quantitative estimate of drug-likeness (QED) is 0.684. The number of carboxylic acids is 1. The molecule has 5 nitrogen and oxygen atoms in total. The number of hydrogen-bond acceptors (Lipinski definition) is 3. The number of hydrogen-bond donors (Lipinski definition) is 2. The number of aromatic amines is 1. The van der Waals surface area contributed by atoms with Crippen LogP contribution in [0.5, 0.6) is 0 Å². The fraction of sp³-hybridized carbons (Fsp3) is 0.211. The number of aryl methyl sites for hydroxylation is 2. The van der Waals surface area contributed by atoms with Gasteiger partial charge < -0.3 is 10.1 Å². The van der Waals surface area contributed by atoms with Gasteiger partial charge in [-0.1, -0.05) is 11.6 Å². The van der Waals surface area contributed by atoms with Crippen molar-refractivity contribution in [2.75, 3.05) is 0 Å². The van der Waals surface area contributed by atoms with E-state index in [0.717, 1.165) is 11.1 Å². The van der Waals surface area contributed by atoms with Crippen molar-refractivity contribution in [2.24, 2.45) is 0 Å². The van der Waals surface area contributed by atoms with Crippen molar-refractivity contribution in [3.8, 4) is 0 Å². The van der Waals surface area contributed by atoms with Gasteiger partial charge in [0.15, 0.2) is 0 Å². The molecule has 1 unspecified atom stereocenters. The van der Waals surface area contributed by atoms with Crippen LogP contribution in [0, 0.1) is 13.8 Å². The number of ketones is 1. The number of benzene rings is 1. The minimum atomic E-state index is -1.01. The Balaban J connectivity index is 2.23. The van der Waals surface area contributed by atoms with Gasteiger partial charge in [-0.25, -0.2) is 0 Å². The molecule has 0 spiro atoms. The molecule has 0 bridgehead atoms. The van der Waals surface area contributed by atoms with Crippen LogP contribution in [0.3, 0.4) is 0 Å². The zero-order chi connectivity index (χ0) is 18.3. The average Bonchev–Trinajstić information content (AvgIpc) is 2.94. The lowest BCUT2D eigenvalue weighted by atomic mass is 9.95. The highest BCUT2D eigenvalue weighted by atomic mass is 35.5. The van der Waals surface area contributed by atoms with E-state index in [2.05, 4.69) is 9.97 Å². The van der Waals surface area contributed by atoms with E-state index in [4.69, 9.17) is 11.6 Å². The number of carbonyl (C=O) groups excluding carboxylic acids is 1. The van der Waals surface area contributed by atoms with E-state index in [1.165, 1.54) is 0 Å². The SMILES string of the molecule is Cc1cnc(C(=O)c2[nH]c3ccc(Cl)cc3c2C(C)C(=O)O)cc1C. The summed E-state index contributed by atoms with van der Waals surface area (Å²) in [4.78, 5) is 31.8. The first-order valence-corrected chi connectivity index (χ1v) is 8.19. The Morgan fingerprint density at radius 3 is 2.56 bits per heavy atom. The van der Waals surface area contributed by atoms with Crippen molar-refractivity contribution in [1.29, 1.82) is 0 Å². The fourth-order valence-corrected chi connectivity index (χ4v) is 2.99. The van der Waals surface area contributed by atoms with Gasteiger partial charge in [0.1, 0.15) is 5.69 Å². The predicted octanol–water partition coefficient (Wildman–Crippen LogP) is 4.25. The first-order valence-electron chi connectivity index (χ1n) is 7.81. The van der Waals surface area contributed by atoms with Crippen LogP contribution < -0.4 is 0 Å². The monoisotopic (exact) mass is 356 g/mol. The Kier molecular flexibility index (Phi) is 4.35. The van der Waals surface area contributed by atoms with E-state index in [9.17, 15) is 14.7 Å². The summed E-state index contributed by atoms with van der Waals surface area (Å²) in [6.07, 6.45) is 1.64. The number of aliphatic carboxylic acids is 1. The number of rotatable bonds is 4. The van der Waals surface area contributed by atoms with Gasteiger partial charge in [-0.2, -0.15) is 0 Å². The summed E-state index contributed by atoms with van der Waals surface area (Å²) in [6.45, 7) is 5.37. The molecule has 1 aromatic carbocycles. The summed E-state index contributed by atoms with van der Waals surface area (Å²) < 4.78 is 0. The molecule has 0 aliphatic heterocycles. The average molecular weight is 357 g/mol. The number of carboxylic acid groups (broad SMARTS) is 1. The Morgan fingerprint density at radius 1 is 1.20 bits per heavy atom. The molecular formula is C19H17ClN2O3. The van der Waals surface area contributed by atoms with Gasteiger partial charge in [-0.3, -0.25) is 14.6 Å². The number of nitrogens with zero attached hydrogens (tertiary/aromatic N) is 1. The third kappa shape index (κ3) is 3.03. The lowest BCUT2D eigenvalue weighted by molar-refractivity contribution is -0.138. The molecule has 3 aromatic rings. The lowest BCUT2D eigenvalue weighted by Crippen LogP contribution is -2.14. The topological polar surface area (TPSA) is 83.0 Å². The number of pyridine rings is 1. The van der Waals surface area contributed by atoms with Crippen molar-refractivity contribution < 1.29 is 14.7 Å². The van der Waals surface area contributed by atoms with Crippen LogP contribution in [-0.2, 0) is 4.79 Å². The maximum atomic E-state index is 13.0.